The Morgan fingerprint density at radius 1 is 1.45 bits per heavy atom. The smallest absolute Gasteiger partial charge is 0.176 e. The minimum absolute atomic E-state index is 0.0407. The third-order valence-electron chi connectivity index (χ3n) is 7.17. The van der Waals surface area contributed by atoms with E-state index in [0.29, 0.717) is 6.42 Å². The summed E-state index contributed by atoms with van der Waals surface area (Å²) in [7, 11) is 1.75. The van der Waals surface area contributed by atoms with Crippen molar-refractivity contribution < 1.29 is 9.90 Å². The van der Waals surface area contributed by atoms with Crippen LogP contribution in [0.5, 0.6) is 0 Å². The van der Waals surface area contributed by atoms with E-state index in [4.69, 9.17) is 4.98 Å². The first-order valence-electron chi connectivity index (χ1n) is 11.0. The summed E-state index contributed by atoms with van der Waals surface area (Å²) in [6, 6.07) is 10.5. The number of allylic oxidation sites excluding steroid dienone is 2. The first-order chi connectivity index (χ1) is 14.8. The molecule has 2 aliphatic carbocycles. The molecule has 1 aromatic carbocycles. The average Bonchev–Trinajstić information content (AvgIpc) is 3.12. The zero-order valence-corrected chi connectivity index (χ0v) is 18.6. The van der Waals surface area contributed by atoms with Crippen LogP contribution in [0.3, 0.4) is 0 Å². The number of benzene rings is 1. The molecule has 162 valence electrons. The van der Waals surface area contributed by atoms with E-state index in [2.05, 4.69) is 41.1 Å². The maximum atomic E-state index is 12.6. The summed E-state index contributed by atoms with van der Waals surface area (Å²) in [4.78, 5) is 17.6. The number of nitrogens with one attached hydrogen (secondary N) is 1. The Bertz CT molecular complexity index is 1090. The number of carbonyl (C=O) groups excluding carboxylic acids is 1. The molecule has 2 aromatic rings. The number of carbonyl (C=O) groups is 1. The lowest BCUT2D eigenvalue weighted by Gasteiger charge is -2.44. The molecule has 0 fully saturated rings. The maximum absolute atomic E-state index is 12.6. The summed E-state index contributed by atoms with van der Waals surface area (Å²) in [5, 5.41) is 22.2. The monoisotopic (exact) mass is 418 g/mol. The predicted octanol–water partition coefficient (Wildman–Crippen LogP) is 3.14. The number of nitriles is 1. The van der Waals surface area contributed by atoms with Crippen LogP contribution < -0.4 is 5.32 Å². The number of hydrogen-bond donors (Lipinski definition) is 2. The summed E-state index contributed by atoms with van der Waals surface area (Å²) in [5.41, 5.74) is 4.22. The van der Waals surface area contributed by atoms with Crippen LogP contribution in [0, 0.1) is 30.1 Å². The molecule has 0 radical (unpaired) electrons. The Morgan fingerprint density at radius 3 is 2.94 bits per heavy atom. The molecule has 0 saturated heterocycles. The number of Topliss-reactive ketones (excluding diaryl/α,β-unsaturated/α-hetero) is 1. The first kappa shape index (κ1) is 21.5. The van der Waals surface area contributed by atoms with Crippen molar-refractivity contribution in [1.29, 1.82) is 5.26 Å². The fraction of sp³-hybridized carbons (Fsp3) is 0.480. The van der Waals surface area contributed by atoms with Crippen LogP contribution in [0.25, 0.3) is 5.69 Å². The van der Waals surface area contributed by atoms with Gasteiger partial charge in [0.05, 0.1) is 11.3 Å². The van der Waals surface area contributed by atoms with Gasteiger partial charge in [-0.3, -0.25) is 10.1 Å². The van der Waals surface area contributed by atoms with Gasteiger partial charge in [0.1, 0.15) is 18.1 Å². The number of aromatic nitrogens is 2. The number of hydrogen-bond acceptors (Lipinski definition) is 5. The van der Waals surface area contributed by atoms with Crippen molar-refractivity contribution in [3.05, 3.63) is 58.7 Å². The lowest BCUT2D eigenvalue weighted by atomic mass is 9.58. The predicted molar refractivity (Wildman–Crippen MR) is 119 cm³/mol. The summed E-state index contributed by atoms with van der Waals surface area (Å²) in [5.74, 6) is 0.851. The Balaban J connectivity index is 1.77. The molecule has 0 amide bonds. The Labute approximate surface area is 183 Å². The van der Waals surface area contributed by atoms with Crippen LogP contribution in [0.4, 0.5) is 0 Å². The van der Waals surface area contributed by atoms with E-state index in [1.54, 1.807) is 7.05 Å². The van der Waals surface area contributed by atoms with Crippen LogP contribution >= 0.6 is 0 Å². The molecule has 1 unspecified atom stereocenters. The van der Waals surface area contributed by atoms with Crippen molar-refractivity contribution in [2.45, 2.75) is 58.1 Å². The van der Waals surface area contributed by atoms with Crippen molar-refractivity contribution in [1.82, 2.24) is 14.9 Å². The number of ketones is 1. The number of nitrogens with zero attached hydrogens (tertiary/aromatic N) is 3. The third kappa shape index (κ3) is 3.52. The van der Waals surface area contributed by atoms with Crippen LogP contribution in [0.1, 0.15) is 49.5 Å². The van der Waals surface area contributed by atoms with Crippen LogP contribution in [0.2, 0.25) is 0 Å². The summed E-state index contributed by atoms with van der Waals surface area (Å²) in [6.07, 6.45) is 4.52. The lowest BCUT2D eigenvalue weighted by molar-refractivity contribution is -0.121. The minimum atomic E-state index is -0.514. The Hall–Kier alpha value is -2.75. The lowest BCUT2D eigenvalue weighted by Crippen LogP contribution is -2.45. The average molecular weight is 419 g/mol. The van der Waals surface area contributed by atoms with E-state index in [1.807, 2.05) is 26.0 Å². The number of aryl methyl sites for hydroxylation is 2. The fourth-order valence-electron chi connectivity index (χ4n) is 5.48. The molecule has 0 aliphatic heterocycles. The summed E-state index contributed by atoms with van der Waals surface area (Å²) >= 11 is 0. The molecule has 4 rings (SSSR count). The highest BCUT2D eigenvalue weighted by Crippen LogP contribution is 2.49. The number of fused-ring (bicyclic) bond motifs is 3. The van der Waals surface area contributed by atoms with Crippen molar-refractivity contribution in [2.24, 2.45) is 11.8 Å². The first-order valence-corrected chi connectivity index (χ1v) is 11.0. The second-order valence-corrected chi connectivity index (χ2v) is 9.05. The molecule has 2 aliphatic rings. The normalized spacial score (nSPS) is 25.9. The standard InChI is InChI=1S/C25H30N4O2/c1-15-20-9-10-21-24(25(20,3)13-18(14-26)23(15)31)28-16(2)29(21)19-7-5-6-17(12-19)8-11-22(30)27-4/h5-7,12-13,15,20,22,27,30H,8-11H2,1-4H3/t15-,20-,22?,25-/m0/s1. The Morgan fingerprint density at radius 2 is 2.23 bits per heavy atom. The molecular weight excluding hydrogens is 388 g/mol. The van der Waals surface area contributed by atoms with Gasteiger partial charge in [0.2, 0.25) is 0 Å². The van der Waals surface area contributed by atoms with Gasteiger partial charge in [-0.2, -0.15) is 5.26 Å². The summed E-state index contributed by atoms with van der Waals surface area (Å²) in [6.45, 7) is 6.09. The topological polar surface area (TPSA) is 90.9 Å². The van der Waals surface area contributed by atoms with Gasteiger partial charge < -0.3 is 9.67 Å². The van der Waals surface area contributed by atoms with E-state index < -0.39 is 11.6 Å². The molecule has 31 heavy (non-hydrogen) atoms. The Kier molecular flexibility index (Phi) is 5.59. The highest BCUT2D eigenvalue weighted by Gasteiger charge is 2.50. The molecule has 0 spiro atoms. The highest BCUT2D eigenvalue weighted by atomic mass is 16.3. The van der Waals surface area contributed by atoms with Crippen LogP contribution in [0.15, 0.2) is 35.9 Å². The van der Waals surface area contributed by atoms with Gasteiger partial charge in [0, 0.05) is 22.7 Å². The fourth-order valence-corrected chi connectivity index (χ4v) is 5.48. The molecule has 2 N–H and O–H groups in total. The van der Waals surface area contributed by atoms with Gasteiger partial charge in [-0.15, -0.1) is 0 Å². The molecule has 6 heteroatoms. The van der Waals surface area contributed by atoms with Crippen LogP contribution in [-0.4, -0.2) is 33.7 Å². The molecule has 1 aromatic heterocycles. The van der Waals surface area contributed by atoms with Gasteiger partial charge in [-0.25, -0.2) is 4.98 Å². The van der Waals surface area contributed by atoms with Gasteiger partial charge in [-0.05, 0) is 63.3 Å². The van der Waals surface area contributed by atoms with Crippen molar-refractivity contribution in [3.63, 3.8) is 0 Å². The SMILES string of the molecule is CNC(O)CCc1cccc(-n2c(C)nc3c2CC[C@H]2[C@H](C)C(=O)C(C#N)=C[C@]32C)c1. The van der Waals surface area contributed by atoms with E-state index in [-0.39, 0.29) is 23.2 Å². The highest BCUT2D eigenvalue weighted by molar-refractivity contribution is 6.02. The quantitative estimate of drug-likeness (QED) is 0.728. The van der Waals surface area contributed by atoms with Crippen molar-refractivity contribution in [3.8, 4) is 11.8 Å². The molecule has 4 atom stereocenters. The number of aliphatic hydroxyl groups is 1. The van der Waals surface area contributed by atoms with Crippen molar-refractivity contribution >= 4 is 5.78 Å². The van der Waals surface area contributed by atoms with Gasteiger partial charge >= 0.3 is 0 Å². The third-order valence-corrected chi connectivity index (χ3v) is 7.17. The number of imidazole rings is 1. The largest absolute Gasteiger partial charge is 0.379 e. The molecule has 0 saturated carbocycles. The number of rotatable bonds is 5. The maximum Gasteiger partial charge on any atom is 0.176 e. The van der Waals surface area contributed by atoms with Gasteiger partial charge in [-0.1, -0.05) is 32.1 Å². The summed E-state index contributed by atoms with van der Waals surface area (Å²) < 4.78 is 2.22. The van der Waals surface area contributed by atoms with Gasteiger partial charge in [0.15, 0.2) is 5.78 Å². The zero-order valence-electron chi connectivity index (χ0n) is 18.6. The molecule has 0 bridgehead atoms. The molecular formula is C25H30N4O2. The van der Waals surface area contributed by atoms with E-state index >= 15 is 0 Å². The van der Waals surface area contributed by atoms with Crippen molar-refractivity contribution in [2.75, 3.05) is 7.05 Å². The minimum Gasteiger partial charge on any atom is -0.379 e. The van der Waals surface area contributed by atoms with E-state index in [0.717, 1.165) is 42.0 Å². The molecule has 6 nitrogen and oxygen atoms in total. The van der Waals surface area contributed by atoms with Crippen LogP contribution in [-0.2, 0) is 23.1 Å². The second-order valence-electron chi connectivity index (χ2n) is 9.05. The molecule has 1 heterocycles. The van der Waals surface area contributed by atoms with E-state index in [9.17, 15) is 15.2 Å². The second kappa shape index (κ2) is 8.07. The van der Waals surface area contributed by atoms with Gasteiger partial charge in [0.25, 0.3) is 0 Å². The van der Waals surface area contributed by atoms with E-state index in [1.165, 1.54) is 5.69 Å². The number of aliphatic hydroxyl groups excluding tert-OH is 1. The zero-order chi connectivity index (χ0) is 22.3.